The van der Waals surface area contributed by atoms with Gasteiger partial charge in [0, 0.05) is 11.6 Å². The molecule has 0 saturated carbocycles. The molecule has 1 amide bonds. The van der Waals surface area contributed by atoms with Crippen molar-refractivity contribution >= 4 is 17.5 Å². The highest BCUT2D eigenvalue weighted by Gasteiger charge is 2.27. The maximum Gasteiger partial charge on any atom is 0.258 e. The maximum absolute atomic E-state index is 11.9. The van der Waals surface area contributed by atoms with Crippen LogP contribution >= 0.6 is 11.6 Å². The van der Waals surface area contributed by atoms with Crippen LogP contribution in [0.2, 0.25) is 5.02 Å². The lowest BCUT2D eigenvalue weighted by atomic mass is 10.1. The molecule has 2 atom stereocenters. The fourth-order valence-electron chi connectivity index (χ4n) is 2.18. The quantitative estimate of drug-likeness (QED) is 0.780. The molecule has 1 saturated heterocycles. The summed E-state index contributed by atoms with van der Waals surface area (Å²) in [7, 11) is 0. The summed E-state index contributed by atoms with van der Waals surface area (Å²) in [5.74, 6) is 0.329. The molecule has 122 valence electrons. The van der Waals surface area contributed by atoms with Gasteiger partial charge in [-0.05, 0) is 30.7 Å². The largest absolute Gasteiger partial charge is 0.484 e. The van der Waals surface area contributed by atoms with Crippen molar-refractivity contribution in [1.82, 2.24) is 5.32 Å². The number of aliphatic hydroxyl groups excluding tert-OH is 1. The van der Waals surface area contributed by atoms with E-state index in [1.807, 2.05) is 0 Å². The van der Waals surface area contributed by atoms with Gasteiger partial charge in [-0.15, -0.1) is 0 Å². The smallest absolute Gasteiger partial charge is 0.258 e. The number of hydrogen-bond donors (Lipinski definition) is 2. The van der Waals surface area contributed by atoms with Crippen LogP contribution in [0.1, 0.15) is 6.42 Å². The van der Waals surface area contributed by atoms with Crippen LogP contribution in [0.5, 0.6) is 5.75 Å². The second kappa shape index (κ2) is 8.95. The normalized spacial score (nSPS) is 21.4. The molecular formula is C15H20ClNO5. The first-order chi connectivity index (χ1) is 10.7. The van der Waals surface area contributed by atoms with Gasteiger partial charge in [0.15, 0.2) is 6.61 Å². The lowest BCUT2D eigenvalue weighted by molar-refractivity contribution is -0.128. The Kier molecular flexibility index (Phi) is 6.92. The van der Waals surface area contributed by atoms with E-state index in [-0.39, 0.29) is 37.9 Å². The molecular weight excluding hydrogens is 310 g/mol. The SMILES string of the molecule is O=C(COc1ccc(Cl)cc1)N[C@H]1COCC[C@H]1OCCO. The summed E-state index contributed by atoms with van der Waals surface area (Å²) >= 11 is 5.78. The molecule has 22 heavy (non-hydrogen) atoms. The molecule has 2 N–H and O–H groups in total. The van der Waals surface area contributed by atoms with Gasteiger partial charge >= 0.3 is 0 Å². The van der Waals surface area contributed by atoms with Gasteiger partial charge in [0.2, 0.25) is 0 Å². The van der Waals surface area contributed by atoms with E-state index in [1.165, 1.54) is 0 Å². The van der Waals surface area contributed by atoms with Crippen molar-refractivity contribution in [3.05, 3.63) is 29.3 Å². The van der Waals surface area contributed by atoms with Crippen molar-refractivity contribution in [2.24, 2.45) is 0 Å². The molecule has 0 unspecified atom stereocenters. The van der Waals surface area contributed by atoms with Crippen LogP contribution < -0.4 is 10.1 Å². The van der Waals surface area contributed by atoms with Gasteiger partial charge < -0.3 is 24.6 Å². The predicted molar refractivity (Wildman–Crippen MR) is 81.1 cm³/mol. The fraction of sp³-hybridized carbons (Fsp3) is 0.533. The highest BCUT2D eigenvalue weighted by Crippen LogP contribution is 2.15. The van der Waals surface area contributed by atoms with E-state index in [0.717, 1.165) is 0 Å². The van der Waals surface area contributed by atoms with Crippen molar-refractivity contribution < 1.29 is 24.1 Å². The molecule has 1 aromatic carbocycles. The Morgan fingerprint density at radius 2 is 2.18 bits per heavy atom. The third kappa shape index (κ3) is 5.46. The van der Waals surface area contributed by atoms with Crippen molar-refractivity contribution in [3.8, 4) is 5.75 Å². The Morgan fingerprint density at radius 1 is 1.41 bits per heavy atom. The van der Waals surface area contributed by atoms with Gasteiger partial charge in [-0.1, -0.05) is 11.6 Å². The Bertz CT molecular complexity index is 468. The lowest BCUT2D eigenvalue weighted by Gasteiger charge is -2.31. The van der Waals surface area contributed by atoms with Crippen LogP contribution in [-0.2, 0) is 14.3 Å². The number of nitrogens with one attached hydrogen (secondary N) is 1. The number of hydrogen-bond acceptors (Lipinski definition) is 5. The number of amides is 1. The maximum atomic E-state index is 11.9. The molecule has 6 nitrogen and oxygen atoms in total. The third-order valence-corrected chi connectivity index (χ3v) is 3.50. The van der Waals surface area contributed by atoms with Crippen LogP contribution in [0.15, 0.2) is 24.3 Å². The number of carbonyl (C=O) groups excluding carboxylic acids is 1. The predicted octanol–water partition coefficient (Wildman–Crippen LogP) is 1.00. The van der Waals surface area contributed by atoms with Crippen molar-refractivity contribution in [3.63, 3.8) is 0 Å². The summed E-state index contributed by atoms with van der Waals surface area (Å²) < 4.78 is 16.3. The lowest BCUT2D eigenvalue weighted by Crippen LogP contribution is -2.51. The fourth-order valence-corrected chi connectivity index (χ4v) is 2.31. The van der Waals surface area contributed by atoms with Gasteiger partial charge in [0.05, 0.1) is 32.0 Å². The van der Waals surface area contributed by atoms with Crippen molar-refractivity contribution in [2.45, 2.75) is 18.6 Å². The van der Waals surface area contributed by atoms with Crippen molar-refractivity contribution in [2.75, 3.05) is 33.0 Å². The van der Waals surface area contributed by atoms with Crippen LogP contribution in [0.25, 0.3) is 0 Å². The minimum Gasteiger partial charge on any atom is -0.484 e. The minimum absolute atomic E-state index is 0.0439. The Balaban J connectivity index is 1.78. The first-order valence-corrected chi connectivity index (χ1v) is 7.55. The summed E-state index contributed by atoms with van der Waals surface area (Å²) in [6.07, 6.45) is 0.531. The van der Waals surface area contributed by atoms with E-state index in [1.54, 1.807) is 24.3 Å². The number of aliphatic hydroxyl groups is 1. The first kappa shape index (κ1) is 17.0. The van der Waals surface area contributed by atoms with Gasteiger partial charge in [-0.25, -0.2) is 0 Å². The number of benzene rings is 1. The average Bonchev–Trinajstić information content (AvgIpc) is 2.53. The molecule has 1 aromatic rings. The molecule has 1 aliphatic heterocycles. The summed E-state index contributed by atoms with van der Waals surface area (Å²) in [5.41, 5.74) is 0. The molecule has 7 heteroatoms. The first-order valence-electron chi connectivity index (χ1n) is 7.17. The Labute approximate surface area is 134 Å². The van der Waals surface area contributed by atoms with Gasteiger partial charge in [0.1, 0.15) is 5.75 Å². The van der Waals surface area contributed by atoms with Crippen molar-refractivity contribution in [1.29, 1.82) is 0 Å². The molecule has 0 bridgehead atoms. The number of halogens is 1. The second-order valence-corrected chi connectivity index (χ2v) is 5.35. The Hall–Kier alpha value is -1.34. The molecule has 0 aromatic heterocycles. The molecule has 0 spiro atoms. The molecule has 1 fully saturated rings. The highest BCUT2D eigenvalue weighted by atomic mass is 35.5. The van der Waals surface area contributed by atoms with E-state index in [2.05, 4.69) is 5.32 Å². The molecule has 0 radical (unpaired) electrons. The summed E-state index contributed by atoms with van der Waals surface area (Å²) in [6.45, 7) is 1.09. The van der Waals surface area contributed by atoms with Crippen LogP contribution in [0.3, 0.4) is 0 Å². The van der Waals surface area contributed by atoms with Gasteiger partial charge in [0.25, 0.3) is 5.91 Å². The monoisotopic (exact) mass is 329 g/mol. The number of carbonyl (C=O) groups is 1. The van der Waals surface area contributed by atoms with Crippen LogP contribution in [0, 0.1) is 0 Å². The zero-order valence-electron chi connectivity index (χ0n) is 12.2. The molecule has 1 heterocycles. The Morgan fingerprint density at radius 3 is 2.91 bits per heavy atom. The zero-order chi connectivity index (χ0) is 15.8. The van der Waals surface area contributed by atoms with Crippen LogP contribution in [0.4, 0.5) is 0 Å². The number of ether oxygens (including phenoxy) is 3. The van der Waals surface area contributed by atoms with Crippen LogP contribution in [-0.4, -0.2) is 56.2 Å². The number of rotatable bonds is 7. The van der Waals surface area contributed by atoms with E-state index >= 15 is 0 Å². The summed E-state index contributed by atoms with van der Waals surface area (Å²) in [4.78, 5) is 11.9. The minimum atomic E-state index is -0.247. The van der Waals surface area contributed by atoms with E-state index < -0.39 is 0 Å². The molecule has 2 rings (SSSR count). The van der Waals surface area contributed by atoms with E-state index in [0.29, 0.717) is 30.4 Å². The zero-order valence-corrected chi connectivity index (χ0v) is 12.9. The molecule has 0 aliphatic carbocycles. The topological polar surface area (TPSA) is 77.0 Å². The summed E-state index contributed by atoms with van der Waals surface area (Å²) in [5, 5.41) is 12.3. The average molecular weight is 330 g/mol. The second-order valence-electron chi connectivity index (χ2n) is 4.91. The van der Waals surface area contributed by atoms with E-state index in [9.17, 15) is 4.79 Å². The third-order valence-electron chi connectivity index (χ3n) is 3.25. The standard InChI is InChI=1S/C15H20ClNO5/c16-11-1-3-12(4-2-11)22-10-15(19)17-13-9-20-7-5-14(13)21-8-6-18/h1-4,13-14,18H,5-10H2,(H,17,19)/t13-,14+/m0/s1. The highest BCUT2D eigenvalue weighted by molar-refractivity contribution is 6.30. The summed E-state index contributed by atoms with van der Waals surface area (Å²) in [6, 6.07) is 6.56. The molecule has 1 aliphatic rings. The van der Waals surface area contributed by atoms with Gasteiger partial charge in [-0.3, -0.25) is 4.79 Å². The van der Waals surface area contributed by atoms with E-state index in [4.69, 9.17) is 30.9 Å². The van der Waals surface area contributed by atoms with Gasteiger partial charge in [-0.2, -0.15) is 0 Å².